The molecule has 1 saturated carbocycles. The van der Waals surface area contributed by atoms with Gasteiger partial charge in [-0.05, 0) is 37.1 Å². The first-order chi connectivity index (χ1) is 12.6. The zero-order chi connectivity index (χ0) is 18.1. The summed E-state index contributed by atoms with van der Waals surface area (Å²) in [5, 5.41) is 5.68. The number of esters is 1. The SMILES string of the molecule is O=C(C[C@H]1OC(=O)c2ccccc21)Nc1cccc(C(=O)NC2CC2)c1. The van der Waals surface area contributed by atoms with Crippen LogP contribution in [-0.4, -0.2) is 23.8 Å². The lowest BCUT2D eigenvalue weighted by molar-refractivity contribution is -0.118. The van der Waals surface area contributed by atoms with Gasteiger partial charge in [-0.15, -0.1) is 0 Å². The largest absolute Gasteiger partial charge is 0.453 e. The molecular formula is C20H18N2O4. The maximum absolute atomic E-state index is 12.4. The lowest BCUT2D eigenvalue weighted by Crippen LogP contribution is -2.25. The third-order valence-corrected chi connectivity index (χ3v) is 4.47. The van der Waals surface area contributed by atoms with Gasteiger partial charge in [-0.3, -0.25) is 9.59 Å². The van der Waals surface area contributed by atoms with Crippen molar-refractivity contribution in [3.8, 4) is 0 Å². The van der Waals surface area contributed by atoms with E-state index in [9.17, 15) is 14.4 Å². The summed E-state index contributed by atoms with van der Waals surface area (Å²) in [6, 6.07) is 14.1. The number of hydrogen-bond donors (Lipinski definition) is 2. The number of nitrogens with one attached hydrogen (secondary N) is 2. The van der Waals surface area contributed by atoms with Crippen LogP contribution >= 0.6 is 0 Å². The van der Waals surface area contributed by atoms with Gasteiger partial charge in [-0.2, -0.15) is 0 Å². The fraction of sp³-hybridized carbons (Fsp3) is 0.250. The minimum Gasteiger partial charge on any atom is -0.453 e. The molecule has 6 heteroatoms. The van der Waals surface area contributed by atoms with Crippen molar-refractivity contribution in [3.63, 3.8) is 0 Å². The number of carbonyl (C=O) groups excluding carboxylic acids is 3. The lowest BCUT2D eigenvalue weighted by Gasteiger charge is -2.12. The number of fused-ring (bicyclic) bond motifs is 1. The molecule has 1 aliphatic carbocycles. The van der Waals surface area contributed by atoms with Gasteiger partial charge in [0.25, 0.3) is 5.91 Å². The van der Waals surface area contributed by atoms with Crippen LogP contribution in [0.4, 0.5) is 5.69 Å². The van der Waals surface area contributed by atoms with E-state index in [1.165, 1.54) is 0 Å². The Morgan fingerprint density at radius 1 is 1.08 bits per heavy atom. The quantitative estimate of drug-likeness (QED) is 0.812. The van der Waals surface area contributed by atoms with E-state index in [4.69, 9.17) is 4.74 Å². The highest BCUT2D eigenvalue weighted by molar-refractivity contribution is 5.98. The molecule has 1 fully saturated rings. The topological polar surface area (TPSA) is 84.5 Å². The first-order valence-corrected chi connectivity index (χ1v) is 8.61. The fourth-order valence-electron chi connectivity index (χ4n) is 2.99. The molecule has 6 nitrogen and oxygen atoms in total. The molecule has 26 heavy (non-hydrogen) atoms. The predicted octanol–water partition coefficient (Wildman–Crippen LogP) is 2.82. The van der Waals surface area contributed by atoms with Gasteiger partial charge in [0.05, 0.1) is 12.0 Å². The van der Waals surface area contributed by atoms with E-state index in [1.807, 2.05) is 6.07 Å². The molecule has 0 radical (unpaired) electrons. The predicted molar refractivity (Wildman–Crippen MR) is 94.8 cm³/mol. The number of ether oxygens (including phenoxy) is 1. The molecule has 1 heterocycles. The molecule has 0 unspecified atom stereocenters. The van der Waals surface area contributed by atoms with Crippen LogP contribution in [0.3, 0.4) is 0 Å². The summed E-state index contributed by atoms with van der Waals surface area (Å²) in [5.41, 5.74) is 2.28. The molecule has 1 aliphatic heterocycles. The summed E-state index contributed by atoms with van der Waals surface area (Å²) in [6.45, 7) is 0. The third kappa shape index (κ3) is 3.44. The van der Waals surface area contributed by atoms with Gasteiger partial charge in [-0.1, -0.05) is 24.3 Å². The Morgan fingerprint density at radius 2 is 1.88 bits per heavy atom. The fourth-order valence-corrected chi connectivity index (χ4v) is 2.99. The van der Waals surface area contributed by atoms with E-state index in [0.29, 0.717) is 16.8 Å². The summed E-state index contributed by atoms with van der Waals surface area (Å²) in [6.07, 6.45) is 1.48. The summed E-state index contributed by atoms with van der Waals surface area (Å²) < 4.78 is 5.29. The van der Waals surface area contributed by atoms with E-state index < -0.39 is 12.1 Å². The highest BCUT2D eigenvalue weighted by Crippen LogP contribution is 2.33. The van der Waals surface area contributed by atoms with Crippen molar-refractivity contribution >= 4 is 23.5 Å². The summed E-state index contributed by atoms with van der Waals surface area (Å²) in [5.74, 6) is -0.821. The van der Waals surface area contributed by atoms with Crippen LogP contribution in [0.1, 0.15) is 51.6 Å². The van der Waals surface area contributed by atoms with Crippen LogP contribution in [0.2, 0.25) is 0 Å². The van der Waals surface area contributed by atoms with Gasteiger partial charge in [-0.25, -0.2) is 4.79 Å². The number of benzene rings is 2. The van der Waals surface area contributed by atoms with Crippen LogP contribution in [0.25, 0.3) is 0 Å². The average Bonchev–Trinajstić information content (AvgIpc) is 3.39. The van der Waals surface area contributed by atoms with E-state index in [2.05, 4.69) is 10.6 Å². The normalized spacial score (nSPS) is 18.0. The molecule has 2 aromatic rings. The average molecular weight is 350 g/mol. The van der Waals surface area contributed by atoms with E-state index in [-0.39, 0.29) is 24.3 Å². The van der Waals surface area contributed by atoms with Gasteiger partial charge in [0.15, 0.2) is 0 Å². The first kappa shape index (κ1) is 16.3. The summed E-state index contributed by atoms with van der Waals surface area (Å²) in [4.78, 5) is 36.3. The molecule has 0 aromatic heterocycles. The molecule has 2 N–H and O–H groups in total. The van der Waals surface area contributed by atoms with Crippen LogP contribution in [0, 0.1) is 0 Å². The van der Waals surface area contributed by atoms with Gasteiger partial charge >= 0.3 is 5.97 Å². The molecule has 4 rings (SSSR count). The zero-order valence-electron chi connectivity index (χ0n) is 14.0. The minimum atomic E-state index is -0.583. The molecule has 2 aliphatic rings. The molecule has 0 bridgehead atoms. The second-order valence-corrected chi connectivity index (χ2v) is 6.56. The summed E-state index contributed by atoms with van der Waals surface area (Å²) >= 11 is 0. The van der Waals surface area contributed by atoms with E-state index in [1.54, 1.807) is 42.5 Å². The second-order valence-electron chi connectivity index (χ2n) is 6.56. The third-order valence-electron chi connectivity index (χ3n) is 4.47. The maximum Gasteiger partial charge on any atom is 0.339 e. The Balaban J connectivity index is 1.41. The van der Waals surface area contributed by atoms with Gasteiger partial charge < -0.3 is 15.4 Å². The molecule has 0 spiro atoms. The highest BCUT2D eigenvalue weighted by atomic mass is 16.5. The second kappa shape index (κ2) is 6.63. The maximum atomic E-state index is 12.4. The molecule has 2 aromatic carbocycles. The molecule has 0 saturated heterocycles. The van der Waals surface area contributed by atoms with Crippen LogP contribution in [0.15, 0.2) is 48.5 Å². The lowest BCUT2D eigenvalue weighted by atomic mass is 10.0. The van der Waals surface area contributed by atoms with Gasteiger partial charge in [0.2, 0.25) is 5.91 Å². The zero-order valence-corrected chi connectivity index (χ0v) is 14.0. The number of rotatable bonds is 5. The van der Waals surface area contributed by atoms with Crippen molar-refractivity contribution in [2.45, 2.75) is 31.4 Å². The minimum absolute atomic E-state index is 0.0290. The molecule has 1 atom stereocenters. The van der Waals surface area contributed by atoms with Crippen LogP contribution in [0.5, 0.6) is 0 Å². The number of anilines is 1. The molecule has 2 amide bonds. The van der Waals surface area contributed by atoms with Crippen molar-refractivity contribution in [3.05, 3.63) is 65.2 Å². The Hall–Kier alpha value is -3.15. The van der Waals surface area contributed by atoms with Crippen molar-refractivity contribution in [1.82, 2.24) is 5.32 Å². The monoisotopic (exact) mass is 350 g/mol. The van der Waals surface area contributed by atoms with Crippen molar-refractivity contribution in [1.29, 1.82) is 0 Å². The summed E-state index contributed by atoms with van der Waals surface area (Å²) in [7, 11) is 0. The van der Waals surface area contributed by atoms with Crippen molar-refractivity contribution in [2.75, 3.05) is 5.32 Å². The van der Waals surface area contributed by atoms with Crippen molar-refractivity contribution in [2.24, 2.45) is 0 Å². The van der Waals surface area contributed by atoms with E-state index in [0.717, 1.165) is 18.4 Å². The number of cyclic esters (lactones) is 1. The Morgan fingerprint density at radius 3 is 2.69 bits per heavy atom. The Labute approximate surface area is 150 Å². The van der Waals surface area contributed by atoms with Gasteiger partial charge in [0, 0.05) is 22.9 Å². The number of hydrogen-bond acceptors (Lipinski definition) is 4. The number of amides is 2. The van der Waals surface area contributed by atoms with E-state index >= 15 is 0 Å². The molecular weight excluding hydrogens is 332 g/mol. The van der Waals surface area contributed by atoms with Crippen LogP contribution in [-0.2, 0) is 9.53 Å². The molecule has 132 valence electrons. The standard InChI is InChI=1S/C20H18N2O4/c23-18(11-17-15-6-1-2-7-16(15)20(25)26-17)21-14-5-3-4-12(10-14)19(24)22-13-8-9-13/h1-7,10,13,17H,8-9,11H2,(H,21,23)(H,22,24)/t17-/m1/s1. The smallest absolute Gasteiger partial charge is 0.339 e. The first-order valence-electron chi connectivity index (χ1n) is 8.61. The van der Waals surface area contributed by atoms with Crippen LogP contribution < -0.4 is 10.6 Å². The Bertz CT molecular complexity index is 889. The van der Waals surface area contributed by atoms with Crippen molar-refractivity contribution < 1.29 is 19.1 Å². The number of carbonyl (C=O) groups is 3. The Kier molecular flexibility index (Phi) is 4.16. The van der Waals surface area contributed by atoms with Gasteiger partial charge in [0.1, 0.15) is 6.10 Å². The highest BCUT2D eigenvalue weighted by Gasteiger charge is 2.32.